The summed E-state index contributed by atoms with van der Waals surface area (Å²) < 4.78 is 0. The Bertz CT molecular complexity index is 899. The second kappa shape index (κ2) is 17.9. The first-order valence-corrected chi connectivity index (χ1v) is 15.2. The Hall–Kier alpha value is -2.48. The van der Waals surface area contributed by atoms with Crippen LogP contribution in [0, 0.1) is 5.92 Å². The van der Waals surface area contributed by atoms with Gasteiger partial charge in [-0.1, -0.05) is 108 Å². The summed E-state index contributed by atoms with van der Waals surface area (Å²) >= 11 is 0. The number of pyridine rings is 2. The lowest BCUT2D eigenvalue weighted by molar-refractivity contribution is 0.299. The zero-order valence-electron chi connectivity index (χ0n) is 23.6. The molecule has 1 fully saturated rings. The van der Waals surface area contributed by atoms with Gasteiger partial charge in [-0.15, -0.1) is 0 Å². The zero-order chi connectivity index (χ0) is 26.0. The molecule has 0 unspecified atom stereocenters. The van der Waals surface area contributed by atoms with Crippen LogP contribution in [0.4, 0.5) is 0 Å². The third-order valence-corrected chi connectivity index (χ3v) is 7.94. The number of benzene rings is 1. The summed E-state index contributed by atoms with van der Waals surface area (Å²) in [7, 11) is 0. The summed E-state index contributed by atoms with van der Waals surface area (Å²) in [4.78, 5) is 8.68. The quantitative estimate of drug-likeness (QED) is 0.219. The molecule has 1 aliphatic carbocycles. The van der Waals surface area contributed by atoms with E-state index in [1.54, 1.807) is 12.4 Å². The van der Waals surface area contributed by atoms with Crippen LogP contribution in [0.15, 0.2) is 73.2 Å². The number of nitrogens with zero attached hydrogens (tertiary/aromatic N) is 2. The first-order chi connectivity index (χ1) is 18.3. The van der Waals surface area contributed by atoms with Gasteiger partial charge in [-0.25, -0.2) is 0 Å². The molecule has 2 aromatic heterocycles. The summed E-state index contributed by atoms with van der Waals surface area (Å²) in [6, 6.07) is 19.4. The van der Waals surface area contributed by atoms with Gasteiger partial charge in [0, 0.05) is 35.8 Å². The van der Waals surface area contributed by atoms with Crippen molar-refractivity contribution in [3.8, 4) is 11.1 Å². The minimum atomic E-state index is 0.677. The summed E-state index contributed by atoms with van der Waals surface area (Å²) in [5, 5.41) is 0. The molecule has 0 spiro atoms. The molecule has 2 heteroatoms. The highest BCUT2D eigenvalue weighted by Gasteiger charge is 2.22. The summed E-state index contributed by atoms with van der Waals surface area (Å²) in [6.07, 6.45) is 26.2. The van der Waals surface area contributed by atoms with E-state index in [2.05, 4.69) is 61.4 Å². The molecular weight excluding hydrogens is 448 g/mol. The van der Waals surface area contributed by atoms with Crippen molar-refractivity contribution in [2.75, 3.05) is 0 Å². The Kier molecular flexibility index (Phi) is 14.1. The lowest BCUT2D eigenvalue weighted by atomic mass is 9.78. The largest absolute Gasteiger partial charge is 0.265 e. The fourth-order valence-electron chi connectivity index (χ4n) is 5.53. The van der Waals surface area contributed by atoms with E-state index in [-0.39, 0.29) is 0 Å². The number of rotatable bonds is 13. The molecule has 2 nitrogen and oxygen atoms in total. The van der Waals surface area contributed by atoms with E-state index >= 15 is 0 Å². The molecular formula is C35H50N2. The Morgan fingerprint density at radius 3 is 1.89 bits per heavy atom. The molecule has 0 N–H and O–H groups in total. The van der Waals surface area contributed by atoms with Crippen LogP contribution in [0.25, 0.3) is 11.1 Å². The van der Waals surface area contributed by atoms with E-state index in [1.165, 1.54) is 119 Å². The van der Waals surface area contributed by atoms with Gasteiger partial charge in [0.1, 0.15) is 0 Å². The summed E-state index contributed by atoms with van der Waals surface area (Å²) in [5.74, 6) is 1.65. The Balaban J connectivity index is 0.000000555. The smallest absolute Gasteiger partial charge is 0.0434 e. The molecule has 0 bridgehead atoms. The van der Waals surface area contributed by atoms with E-state index < -0.39 is 0 Å². The third kappa shape index (κ3) is 11.2. The molecule has 1 saturated carbocycles. The van der Waals surface area contributed by atoms with Crippen LogP contribution in [0.1, 0.15) is 121 Å². The highest BCUT2D eigenvalue weighted by molar-refractivity contribution is 5.62. The lowest BCUT2D eigenvalue weighted by Crippen LogP contribution is -2.14. The number of aryl methyl sites for hydroxylation is 1. The number of hydrogen-bond acceptors (Lipinski definition) is 2. The van der Waals surface area contributed by atoms with Gasteiger partial charge in [-0.2, -0.15) is 0 Å². The van der Waals surface area contributed by atoms with Crippen LogP contribution < -0.4 is 0 Å². The molecule has 0 radical (unpaired) electrons. The maximum absolute atomic E-state index is 4.89. The van der Waals surface area contributed by atoms with Crippen molar-refractivity contribution in [1.29, 1.82) is 0 Å². The summed E-state index contributed by atoms with van der Waals surface area (Å²) in [6.45, 7) is 4.56. The lowest BCUT2D eigenvalue weighted by Gasteiger charge is -2.28. The van der Waals surface area contributed by atoms with Crippen molar-refractivity contribution >= 4 is 0 Å². The van der Waals surface area contributed by atoms with Crippen LogP contribution in [0.5, 0.6) is 0 Å². The van der Waals surface area contributed by atoms with Gasteiger partial charge in [0.15, 0.2) is 0 Å². The van der Waals surface area contributed by atoms with Crippen molar-refractivity contribution in [3.63, 3.8) is 0 Å². The normalized spacial score (nSPS) is 17.1. The summed E-state index contributed by atoms with van der Waals surface area (Å²) in [5.41, 5.74) is 5.32. The molecule has 1 aromatic carbocycles. The SMILES string of the molecule is CCCCCCCCC1CCC(c2ccc(-c3ccc(CCCCC)cc3)cn2)CC1.c1ccncc1. The highest BCUT2D eigenvalue weighted by Crippen LogP contribution is 2.37. The first-order valence-electron chi connectivity index (χ1n) is 15.2. The minimum Gasteiger partial charge on any atom is -0.265 e. The van der Waals surface area contributed by atoms with Crippen molar-refractivity contribution in [3.05, 3.63) is 84.4 Å². The van der Waals surface area contributed by atoms with Gasteiger partial charge in [-0.05, 0) is 73.8 Å². The van der Waals surface area contributed by atoms with Crippen molar-refractivity contribution in [1.82, 2.24) is 9.97 Å². The second-order valence-electron chi connectivity index (χ2n) is 10.9. The van der Waals surface area contributed by atoms with E-state index in [1.807, 2.05) is 18.2 Å². The van der Waals surface area contributed by atoms with Crippen molar-refractivity contribution < 1.29 is 0 Å². The molecule has 0 saturated heterocycles. The van der Waals surface area contributed by atoms with Crippen LogP contribution in [0.2, 0.25) is 0 Å². The van der Waals surface area contributed by atoms with Gasteiger partial charge < -0.3 is 0 Å². The molecule has 37 heavy (non-hydrogen) atoms. The maximum Gasteiger partial charge on any atom is 0.0434 e. The van der Waals surface area contributed by atoms with Crippen LogP contribution in [-0.4, -0.2) is 9.97 Å². The maximum atomic E-state index is 4.89. The Morgan fingerprint density at radius 2 is 1.30 bits per heavy atom. The molecule has 2 heterocycles. The Morgan fingerprint density at radius 1 is 0.649 bits per heavy atom. The van der Waals surface area contributed by atoms with Crippen LogP contribution in [0.3, 0.4) is 0 Å². The van der Waals surface area contributed by atoms with E-state index in [0.717, 1.165) is 5.92 Å². The average molecular weight is 499 g/mol. The number of aromatic nitrogens is 2. The molecule has 1 aliphatic rings. The van der Waals surface area contributed by atoms with E-state index in [9.17, 15) is 0 Å². The standard InChI is InChI=1S/C30H45N.C5H5N/c1-3-5-7-8-9-11-13-26-16-20-28(21-17-26)30-23-22-29(24-31-30)27-18-14-25(15-19-27)12-10-6-4-2;1-2-4-6-5-3-1/h14-15,18-19,22-24,26,28H,3-13,16-17,20-21H2,1-2H3;1-5H. The Labute approximate surface area is 227 Å². The molecule has 4 rings (SSSR count). The zero-order valence-corrected chi connectivity index (χ0v) is 23.6. The molecule has 0 amide bonds. The van der Waals surface area contributed by atoms with E-state index in [0.29, 0.717) is 5.92 Å². The van der Waals surface area contributed by atoms with E-state index in [4.69, 9.17) is 4.98 Å². The van der Waals surface area contributed by atoms with Gasteiger partial charge in [0.2, 0.25) is 0 Å². The number of hydrogen-bond donors (Lipinski definition) is 0. The number of unbranched alkanes of at least 4 members (excludes halogenated alkanes) is 7. The highest BCUT2D eigenvalue weighted by atomic mass is 14.7. The van der Waals surface area contributed by atoms with Crippen molar-refractivity contribution in [2.45, 2.75) is 116 Å². The first kappa shape index (κ1) is 29.1. The monoisotopic (exact) mass is 498 g/mol. The van der Waals surface area contributed by atoms with Gasteiger partial charge in [-0.3, -0.25) is 9.97 Å². The van der Waals surface area contributed by atoms with Crippen LogP contribution in [-0.2, 0) is 6.42 Å². The van der Waals surface area contributed by atoms with Gasteiger partial charge in [0.05, 0.1) is 0 Å². The molecule has 200 valence electrons. The second-order valence-corrected chi connectivity index (χ2v) is 10.9. The fourth-order valence-corrected chi connectivity index (χ4v) is 5.53. The average Bonchev–Trinajstić information content (AvgIpc) is 2.97. The molecule has 0 atom stereocenters. The van der Waals surface area contributed by atoms with Crippen LogP contribution >= 0.6 is 0 Å². The predicted octanol–water partition coefficient (Wildman–Crippen LogP) is 10.6. The third-order valence-electron chi connectivity index (χ3n) is 7.94. The molecule has 0 aliphatic heterocycles. The minimum absolute atomic E-state index is 0.677. The fraction of sp³-hybridized carbons (Fsp3) is 0.543. The molecule has 3 aromatic rings. The predicted molar refractivity (Wildman–Crippen MR) is 160 cm³/mol. The van der Waals surface area contributed by atoms with Gasteiger partial charge in [0.25, 0.3) is 0 Å². The van der Waals surface area contributed by atoms with Crippen molar-refractivity contribution in [2.24, 2.45) is 5.92 Å². The topological polar surface area (TPSA) is 25.8 Å². The van der Waals surface area contributed by atoms with Gasteiger partial charge >= 0.3 is 0 Å².